The van der Waals surface area contributed by atoms with Gasteiger partial charge in [0, 0.05) is 11.8 Å². The lowest BCUT2D eigenvalue weighted by atomic mass is 10.2. The van der Waals surface area contributed by atoms with Gasteiger partial charge in [-0.05, 0) is 12.1 Å². The summed E-state index contributed by atoms with van der Waals surface area (Å²) in [6, 6.07) is 8.14. The Balaban J connectivity index is 2.18. The number of phenolic OH excluding ortho intramolecular Hbond substituents is 1. The lowest BCUT2D eigenvalue weighted by molar-refractivity contribution is -0.144. The maximum Gasteiger partial charge on any atom is 0.249 e. The van der Waals surface area contributed by atoms with Crippen molar-refractivity contribution < 1.29 is 14.7 Å². The van der Waals surface area contributed by atoms with Crippen LogP contribution in [0.15, 0.2) is 24.3 Å². The number of carbonyl (C=O) groups is 2. The van der Waals surface area contributed by atoms with Gasteiger partial charge in [-0.1, -0.05) is 6.07 Å². The number of benzene rings is 1. The van der Waals surface area contributed by atoms with Gasteiger partial charge >= 0.3 is 0 Å². The first kappa shape index (κ1) is 11.9. The zero-order chi connectivity index (χ0) is 13.1. The van der Waals surface area contributed by atoms with Crippen molar-refractivity contribution in [1.29, 1.82) is 5.26 Å². The Morgan fingerprint density at radius 2 is 1.94 bits per heavy atom. The standard InChI is InChI=1S/C12H11N3O3/c13-4-5-15-11(17)7-14(8-12(15)18)9-2-1-3-10(16)6-9/h1-3,6,16H,5,7-8H2. The van der Waals surface area contributed by atoms with Gasteiger partial charge in [-0.25, -0.2) is 0 Å². The number of aromatic hydroxyl groups is 1. The Morgan fingerprint density at radius 3 is 2.50 bits per heavy atom. The zero-order valence-corrected chi connectivity index (χ0v) is 9.54. The zero-order valence-electron chi connectivity index (χ0n) is 9.54. The Hall–Kier alpha value is -2.55. The summed E-state index contributed by atoms with van der Waals surface area (Å²) in [5.74, 6) is -0.737. The summed E-state index contributed by atoms with van der Waals surface area (Å²) in [5, 5.41) is 17.9. The van der Waals surface area contributed by atoms with E-state index in [1.165, 1.54) is 12.1 Å². The normalized spacial score (nSPS) is 15.7. The number of anilines is 1. The molecule has 0 saturated carbocycles. The third kappa shape index (κ3) is 2.25. The minimum absolute atomic E-state index is 0.0247. The van der Waals surface area contributed by atoms with E-state index in [0.29, 0.717) is 5.69 Å². The maximum atomic E-state index is 11.7. The summed E-state index contributed by atoms with van der Waals surface area (Å²) in [6.07, 6.45) is 0. The fourth-order valence-corrected chi connectivity index (χ4v) is 1.81. The Labute approximate surface area is 104 Å². The van der Waals surface area contributed by atoms with Crippen LogP contribution in [0.5, 0.6) is 5.75 Å². The molecule has 0 bridgehead atoms. The molecule has 18 heavy (non-hydrogen) atoms. The fourth-order valence-electron chi connectivity index (χ4n) is 1.81. The first-order chi connectivity index (χ1) is 8.61. The largest absolute Gasteiger partial charge is 0.508 e. The van der Waals surface area contributed by atoms with Crippen LogP contribution in [0.25, 0.3) is 0 Å². The molecule has 1 N–H and O–H groups in total. The minimum atomic E-state index is -0.406. The van der Waals surface area contributed by atoms with Gasteiger partial charge in [0.1, 0.15) is 12.3 Å². The lowest BCUT2D eigenvalue weighted by Gasteiger charge is -2.32. The van der Waals surface area contributed by atoms with Gasteiger partial charge in [-0.15, -0.1) is 0 Å². The molecule has 1 aliphatic rings. The molecule has 1 fully saturated rings. The van der Waals surface area contributed by atoms with Crippen molar-refractivity contribution in [3.63, 3.8) is 0 Å². The van der Waals surface area contributed by atoms with Gasteiger partial charge in [0.2, 0.25) is 11.8 Å². The van der Waals surface area contributed by atoms with Gasteiger partial charge in [0.05, 0.1) is 19.2 Å². The number of carbonyl (C=O) groups excluding carboxylic acids is 2. The second kappa shape index (κ2) is 4.75. The fraction of sp³-hybridized carbons (Fsp3) is 0.250. The third-order valence-electron chi connectivity index (χ3n) is 2.68. The summed E-state index contributed by atoms with van der Waals surface area (Å²) in [4.78, 5) is 25.9. The minimum Gasteiger partial charge on any atom is -0.508 e. The Morgan fingerprint density at radius 1 is 1.28 bits per heavy atom. The molecule has 1 saturated heterocycles. The molecular formula is C12H11N3O3. The van der Waals surface area contributed by atoms with E-state index in [-0.39, 0.29) is 25.4 Å². The van der Waals surface area contributed by atoms with E-state index in [1.807, 2.05) is 0 Å². The summed E-state index contributed by atoms with van der Waals surface area (Å²) in [5.41, 5.74) is 0.605. The van der Waals surface area contributed by atoms with Gasteiger partial charge < -0.3 is 10.0 Å². The molecule has 92 valence electrons. The molecule has 0 aromatic heterocycles. The van der Waals surface area contributed by atoms with Crippen molar-refractivity contribution in [2.75, 3.05) is 24.5 Å². The van der Waals surface area contributed by atoms with Crippen LogP contribution in [-0.2, 0) is 9.59 Å². The smallest absolute Gasteiger partial charge is 0.249 e. The highest BCUT2D eigenvalue weighted by Gasteiger charge is 2.30. The topological polar surface area (TPSA) is 84.6 Å². The number of amides is 2. The average molecular weight is 245 g/mol. The number of phenols is 1. The van der Waals surface area contributed by atoms with Crippen molar-refractivity contribution in [2.24, 2.45) is 0 Å². The molecule has 1 heterocycles. The van der Waals surface area contributed by atoms with E-state index in [0.717, 1.165) is 4.90 Å². The number of piperazine rings is 1. The molecule has 0 atom stereocenters. The molecule has 1 aromatic rings. The van der Waals surface area contributed by atoms with Crippen LogP contribution in [0, 0.1) is 11.3 Å². The van der Waals surface area contributed by atoms with Crippen LogP contribution in [0.3, 0.4) is 0 Å². The Kier molecular flexibility index (Phi) is 3.15. The molecule has 1 aliphatic heterocycles. The first-order valence-corrected chi connectivity index (χ1v) is 5.36. The second-order valence-corrected chi connectivity index (χ2v) is 3.91. The van der Waals surface area contributed by atoms with Crippen molar-refractivity contribution in [3.8, 4) is 11.8 Å². The van der Waals surface area contributed by atoms with E-state index >= 15 is 0 Å². The summed E-state index contributed by atoms with van der Waals surface area (Å²) < 4.78 is 0. The van der Waals surface area contributed by atoms with Crippen LogP contribution < -0.4 is 4.90 Å². The number of imide groups is 1. The average Bonchev–Trinajstić information content (AvgIpc) is 2.33. The number of hydrogen-bond donors (Lipinski definition) is 1. The van der Waals surface area contributed by atoms with E-state index < -0.39 is 11.8 Å². The molecule has 2 rings (SSSR count). The van der Waals surface area contributed by atoms with Crippen LogP contribution >= 0.6 is 0 Å². The van der Waals surface area contributed by atoms with Gasteiger partial charge in [0.25, 0.3) is 0 Å². The van der Waals surface area contributed by atoms with Crippen LogP contribution in [0.1, 0.15) is 0 Å². The summed E-state index contributed by atoms with van der Waals surface area (Å²) >= 11 is 0. The number of rotatable bonds is 2. The molecule has 0 aliphatic carbocycles. The number of nitriles is 1. The van der Waals surface area contributed by atoms with Crippen molar-refractivity contribution >= 4 is 17.5 Å². The highest BCUT2D eigenvalue weighted by molar-refractivity contribution is 6.03. The highest BCUT2D eigenvalue weighted by Crippen LogP contribution is 2.21. The van der Waals surface area contributed by atoms with Crippen molar-refractivity contribution in [2.45, 2.75) is 0 Å². The third-order valence-corrected chi connectivity index (χ3v) is 2.68. The molecule has 2 amide bonds. The van der Waals surface area contributed by atoms with Gasteiger partial charge in [0.15, 0.2) is 0 Å². The van der Waals surface area contributed by atoms with E-state index in [4.69, 9.17) is 5.26 Å². The van der Waals surface area contributed by atoms with E-state index in [9.17, 15) is 14.7 Å². The molecule has 0 unspecified atom stereocenters. The van der Waals surface area contributed by atoms with Crippen LogP contribution in [-0.4, -0.2) is 41.5 Å². The number of hydrogen-bond acceptors (Lipinski definition) is 5. The van der Waals surface area contributed by atoms with E-state index in [2.05, 4.69) is 0 Å². The Bertz CT molecular complexity index is 518. The SMILES string of the molecule is N#CCN1C(=O)CN(c2cccc(O)c2)CC1=O. The molecule has 6 heteroatoms. The van der Waals surface area contributed by atoms with Crippen LogP contribution in [0.2, 0.25) is 0 Å². The highest BCUT2D eigenvalue weighted by atomic mass is 16.3. The van der Waals surface area contributed by atoms with Crippen molar-refractivity contribution in [1.82, 2.24) is 4.90 Å². The maximum absolute atomic E-state index is 11.7. The molecule has 1 aromatic carbocycles. The summed E-state index contributed by atoms with van der Waals surface area (Å²) in [6.45, 7) is -0.167. The molecule has 0 radical (unpaired) electrons. The lowest BCUT2D eigenvalue weighted by Crippen LogP contribution is -2.54. The monoisotopic (exact) mass is 245 g/mol. The second-order valence-electron chi connectivity index (χ2n) is 3.91. The molecule has 6 nitrogen and oxygen atoms in total. The molecule has 0 spiro atoms. The van der Waals surface area contributed by atoms with Gasteiger partial charge in [-0.3, -0.25) is 14.5 Å². The first-order valence-electron chi connectivity index (χ1n) is 5.36. The molecular weight excluding hydrogens is 234 g/mol. The number of nitrogens with zero attached hydrogens (tertiary/aromatic N) is 3. The predicted octanol–water partition coefficient (Wildman–Crippen LogP) is 0.0910. The van der Waals surface area contributed by atoms with E-state index in [1.54, 1.807) is 23.1 Å². The predicted molar refractivity (Wildman–Crippen MR) is 62.7 cm³/mol. The van der Waals surface area contributed by atoms with Crippen LogP contribution in [0.4, 0.5) is 5.69 Å². The van der Waals surface area contributed by atoms with Crippen molar-refractivity contribution in [3.05, 3.63) is 24.3 Å². The van der Waals surface area contributed by atoms with Gasteiger partial charge in [-0.2, -0.15) is 5.26 Å². The quantitative estimate of drug-likeness (QED) is 0.589. The summed E-state index contributed by atoms with van der Waals surface area (Å²) in [7, 11) is 0.